The summed E-state index contributed by atoms with van der Waals surface area (Å²) in [4.78, 5) is 24.7. The number of anilines is 2. The fourth-order valence-electron chi connectivity index (χ4n) is 2.23. The van der Waals surface area contributed by atoms with Crippen LogP contribution in [0.3, 0.4) is 0 Å². The van der Waals surface area contributed by atoms with Crippen LogP contribution in [0.5, 0.6) is 5.75 Å². The van der Waals surface area contributed by atoms with E-state index in [4.69, 9.17) is 0 Å². The highest BCUT2D eigenvalue weighted by atomic mass is 32.2. The summed E-state index contributed by atoms with van der Waals surface area (Å²) in [6.45, 7) is 6.84. The summed E-state index contributed by atoms with van der Waals surface area (Å²) in [5, 5.41) is 15.2. The van der Waals surface area contributed by atoms with E-state index < -0.39 is 21.2 Å². The number of phenols is 1. The van der Waals surface area contributed by atoms with Crippen molar-refractivity contribution in [3.05, 3.63) is 48.0 Å². The van der Waals surface area contributed by atoms with Crippen molar-refractivity contribution in [3.63, 3.8) is 0 Å². The first-order chi connectivity index (χ1) is 12.9. The van der Waals surface area contributed by atoms with Crippen molar-refractivity contribution in [1.82, 2.24) is 0 Å². The zero-order chi connectivity index (χ0) is 21.1. The van der Waals surface area contributed by atoms with Gasteiger partial charge in [-0.15, -0.1) is 0 Å². The van der Waals surface area contributed by atoms with Gasteiger partial charge in [-0.05, 0) is 36.4 Å². The summed E-state index contributed by atoms with van der Waals surface area (Å²) in [5.41, 5.74) is 0.104. The van der Waals surface area contributed by atoms with Gasteiger partial charge in [-0.3, -0.25) is 9.59 Å². The molecule has 150 valence electrons. The van der Waals surface area contributed by atoms with Gasteiger partial charge in [0.2, 0.25) is 5.91 Å². The van der Waals surface area contributed by atoms with E-state index in [1.807, 2.05) is 0 Å². The molecule has 8 heteroatoms. The lowest BCUT2D eigenvalue weighted by Crippen LogP contribution is -2.27. The van der Waals surface area contributed by atoms with Crippen LogP contribution in [0, 0.1) is 5.41 Å². The number of phenolic OH excluding ortho intramolecular Hbond substituents is 1. The fraction of sp³-hybridized carbons (Fsp3) is 0.300. The molecule has 0 aromatic heterocycles. The average Bonchev–Trinajstić information content (AvgIpc) is 2.62. The minimum Gasteiger partial charge on any atom is -0.506 e. The summed E-state index contributed by atoms with van der Waals surface area (Å²) in [6, 6.07) is 10.0. The third-order valence-corrected chi connectivity index (χ3v) is 5.75. The minimum absolute atomic E-state index is 0.00860. The van der Waals surface area contributed by atoms with Crippen LogP contribution in [0.25, 0.3) is 0 Å². The van der Waals surface area contributed by atoms with Gasteiger partial charge in [0.1, 0.15) is 5.75 Å². The third kappa shape index (κ3) is 5.10. The van der Waals surface area contributed by atoms with E-state index in [-0.39, 0.29) is 33.6 Å². The summed E-state index contributed by atoms with van der Waals surface area (Å²) in [6.07, 6.45) is 0. The molecule has 7 nitrogen and oxygen atoms in total. The summed E-state index contributed by atoms with van der Waals surface area (Å²) in [5.74, 6) is -1.09. The van der Waals surface area contributed by atoms with Crippen LogP contribution in [-0.2, 0) is 14.6 Å². The van der Waals surface area contributed by atoms with Gasteiger partial charge in [0.25, 0.3) is 5.91 Å². The average molecular weight is 404 g/mol. The molecular weight excluding hydrogens is 380 g/mol. The number of sulfone groups is 1. The zero-order valence-electron chi connectivity index (χ0n) is 16.2. The molecule has 0 aliphatic rings. The van der Waals surface area contributed by atoms with Crippen LogP contribution in [-0.4, -0.2) is 31.1 Å². The second-order valence-electron chi connectivity index (χ2n) is 7.32. The molecule has 0 aliphatic carbocycles. The molecular formula is C20H24N2O5S. The van der Waals surface area contributed by atoms with Crippen molar-refractivity contribution in [3.8, 4) is 5.75 Å². The summed E-state index contributed by atoms with van der Waals surface area (Å²) in [7, 11) is -3.48. The Balaban J connectivity index is 2.25. The first kappa shape index (κ1) is 21.4. The smallest absolute Gasteiger partial charge is 0.255 e. The highest BCUT2D eigenvalue weighted by molar-refractivity contribution is 7.91. The highest BCUT2D eigenvalue weighted by Crippen LogP contribution is 2.28. The molecule has 0 saturated heterocycles. The molecule has 0 spiro atoms. The number of nitrogens with one attached hydrogen (secondary N) is 2. The number of carbonyl (C=O) groups is 2. The Morgan fingerprint density at radius 1 is 1.04 bits per heavy atom. The summed E-state index contributed by atoms with van der Waals surface area (Å²) >= 11 is 0. The van der Waals surface area contributed by atoms with Crippen LogP contribution in [0.15, 0.2) is 47.4 Å². The van der Waals surface area contributed by atoms with E-state index in [9.17, 15) is 23.1 Å². The van der Waals surface area contributed by atoms with Gasteiger partial charge in [0.15, 0.2) is 9.84 Å². The van der Waals surface area contributed by atoms with Gasteiger partial charge in [-0.25, -0.2) is 8.42 Å². The molecule has 3 N–H and O–H groups in total. The van der Waals surface area contributed by atoms with E-state index in [1.54, 1.807) is 39.0 Å². The topological polar surface area (TPSA) is 113 Å². The molecule has 2 rings (SSSR count). The molecule has 0 radical (unpaired) electrons. The molecule has 0 aliphatic heterocycles. The van der Waals surface area contributed by atoms with Crippen LogP contribution < -0.4 is 10.6 Å². The van der Waals surface area contributed by atoms with Gasteiger partial charge in [0.05, 0.1) is 16.3 Å². The van der Waals surface area contributed by atoms with Gasteiger partial charge < -0.3 is 15.7 Å². The number of amides is 2. The lowest BCUT2D eigenvalue weighted by molar-refractivity contribution is -0.123. The summed E-state index contributed by atoms with van der Waals surface area (Å²) < 4.78 is 24.0. The molecule has 0 saturated carbocycles. The third-order valence-electron chi connectivity index (χ3n) is 4.02. The lowest BCUT2D eigenvalue weighted by atomic mass is 9.95. The first-order valence-corrected chi connectivity index (χ1v) is 10.4. The molecule has 28 heavy (non-hydrogen) atoms. The SMILES string of the molecule is CCS(=O)(=O)c1ccc(O)c(NC(=O)c2cccc(NC(=O)C(C)(C)C)c2)c1. The van der Waals surface area contributed by atoms with E-state index in [1.165, 1.54) is 31.2 Å². The molecule has 2 amide bonds. The number of rotatable bonds is 5. The highest BCUT2D eigenvalue weighted by Gasteiger charge is 2.21. The second kappa shape index (κ2) is 8.02. The molecule has 0 atom stereocenters. The maximum Gasteiger partial charge on any atom is 0.255 e. The lowest BCUT2D eigenvalue weighted by Gasteiger charge is -2.18. The molecule has 2 aromatic rings. The van der Waals surface area contributed by atoms with Gasteiger partial charge in [-0.2, -0.15) is 0 Å². The van der Waals surface area contributed by atoms with Crippen molar-refractivity contribution in [2.75, 3.05) is 16.4 Å². The standard InChI is InChI=1S/C20H24N2O5S/c1-5-28(26,27)15-9-10-17(23)16(12-15)22-18(24)13-7-6-8-14(11-13)21-19(25)20(2,3)4/h6-12,23H,5H2,1-4H3,(H,21,25)(H,22,24). The second-order valence-corrected chi connectivity index (χ2v) is 9.60. The van der Waals surface area contributed by atoms with Gasteiger partial charge >= 0.3 is 0 Å². The van der Waals surface area contributed by atoms with Crippen molar-refractivity contribution in [2.45, 2.75) is 32.6 Å². The van der Waals surface area contributed by atoms with E-state index >= 15 is 0 Å². The number of carbonyl (C=O) groups excluding carboxylic acids is 2. The van der Waals surface area contributed by atoms with E-state index in [0.29, 0.717) is 5.69 Å². The Morgan fingerprint density at radius 2 is 1.71 bits per heavy atom. The predicted molar refractivity (Wildman–Crippen MR) is 108 cm³/mol. The molecule has 2 aromatic carbocycles. The Bertz CT molecular complexity index is 1010. The van der Waals surface area contributed by atoms with Crippen molar-refractivity contribution in [1.29, 1.82) is 0 Å². The Labute approximate surface area is 164 Å². The van der Waals surface area contributed by atoms with Gasteiger partial charge in [-0.1, -0.05) is 33.8 Å². The number of hydrogen-bond donors (Lipinski definition) is 3. The van der Waals surface area contributed by atoms with Crippen molar-refractivity contribution < 1.29 is 23.1 Å². The Kier molecular flexibility index (Phi) is 6.14. The Morgan fingerprint density at radius 3 is 2.32 bits per heavy atom. The fourth-order valence-corrected chi connectivity index (χ4v) is 3.13. The van der Waals surface area contributed by atoms with Crippen LogP contribution >= 0.6 is 0 Å². The number of aromatic hydroxyl groups is 1. The normalized spacial score (nSPS) is 11.7. The minimum atomic E-state index is -3.48. The molecule has 0 unspecified atom stereocenters. The monoisotopic (exact) mass is 404 g/mol. The van der Waals surface area contributed by atoms with Crippen LogP contribution in [0.4, 0.5) is 11.4 Å². The molecule has 0 heterocycles. The molecule has 0 fully saturated rings. The van der Waals surface area contributed by atoms with Crippen molar-refractivity contribution in [2.24, 2.45) is 5.41 Å². The number of benzene rings is 2. The molecule has 0 bridgehead atoms. The van der Waals surface area contributed by atoms with Crippen molar-refractivity contribution >= 4 is 33.0 Å². The Hall–Kier alpha value is -2.87. The first-order valence-electron chi connectivity index (χ1n) is 8.72. The van der Waals surface area contributed by atoms with E-state index in [2.05, 4.69) is 10.6 Å². The van der Waals surface area contributed by atoms with E-state index in [0.717, 1.165) is 0 Å². The quantitative estimate of drug-likeness (QED) is 0.661. The van der Waals surface area contributed by atoms with Crippen LogP contribution in [0.2, 0.25) is 0 Å². The van der Waals surface area contributed by atoms with Crippen LogP contribution in [0.1, 0.15) is 38.1 Å². The maximum atomic E-state index is 12.5. The largest absolute Gasteiger partial charge is 0.506 e. The predicted octanol–water partition coefficient (Wildman–Crippen LogP) is 3.42. The maximum absolute atomic E-state index is 12.5. The number of hydrogen-bond acceptors (Lipinski definition) is 5. The van der Waals surface area contributed by atoms with Gasteiger partial charge in [0, 0.05) is 16.7 Å². The zero-order valence-corrected chi connectivity index (χ0v) is 17.1.